The quantitative estimate of drug-likeness (QED) is 0.232. The summed E-state index contributed by atoms with van der Waals surface area (Å²) in [6.07, 6.45) is 1.35. The SMILES string of the molecule is Nc1c(S(=O)(=O)c2ccccc2)c2nc3ccccc3nc2n1N=Cc1cccc([N+](=O)[O-])c1. The Morgan fingerprint density at radius 2 is 1.62 bits per heavy atom. The van der Waals surface area contributed by atoms with E-state index in [9.17, 15) is 18.5 Å². The Morgan fingerprint density at radius 3 is 2.32 bits per heavy atom. The number of benzene rings is 3. The van der Waals surface area contributed by atoms with Gasteiger partial charge in [-0.3, -0.25) is 10.1 Å². The minimum Gasteiger partial charge on any atom is -0.382 e. The van der Waals surface area contributed by atoms with Crippen LogP contribution in [-0.2, 0) is 9.84 Å². The van der Waals surface area contributed by atoms with Crippen LogP contribution in [0.3, 0.4) is 0 Å². The molecule has 2 N–H and O–H groups in total. The smallest absolute Gasteiger partial charge is 0.270 e. The number of anilines is 1. The Balaban J connectivity index is 1.77. The van der Waals surface area contributed by atoms with Crippen molar-refractivity contribution >= 4 is 49.8 Å². The first-order valence-corrected chi connectivity index (χ1v) is 11.5. The van der Waals surface area contributed by atoms with Gasteiger partial charge in [0, 0.05) is 17.7 Å². The number of non-ortho nitro benzene ring substituents is 1. The first-order chi connectivity index (χ1) is 16.4. The average molecular weight is 472 g/mol. The number of sulfone groups is 1. The van der Waals surface area contributed by atoms with Gasteiger partial charge in [0.2, 0.25) is 9.84 Å². The van der Waals surface area contributed by atoms with Crippen LogP contribution in [0.15, 0.2) is 93.8 Å². The Morgan fingerprint density at radius 1 is 0.941 bits per heavy atom. The minimum atomic E-state index is -4.06. The van der Waals surface area contributed by atoms with Gasteiger partial charge in [0.05, 0.1) is 27.1 Å². The number of para-hydroxylation sites is 2. The predicted molar refractivity (Wildman–Crippen MR) is 127 cm³/mol. The molecule has 0 saturated heterocycles. The standard InChI is InChI=1S/C23H16N6O4S/c24-22-21(34(32,33)17-9-2-1-3-10-17)20-23(27-19-12-5-4-11-18(19)26-20)28(22)25-14-15-7-6-8-16(13-15)29(30)31/h1-14H,24H2. The van der Waals surface area contributed by atoms with Crippen LogP contribution in [0.4, 0.5) is 11.5 Å². The van der Waals surface area contributed by atoms with Crippen molar-refractivity contribution in [2.75, 3.05) is 5.73 Å². The zero-order valence-corrected chi connectivity index (χ0v) is 18.3. The second kappa shape index (κ2) is 8.05. The third kappa shape index (κ3) is 3.53. The number of nitrogens with two attached hydrogens (primary N) is 1. The average Bonchev–Trinajstić information content (AvgIpc) is 3.12. The number of nitro groups is 1. The Kier molecular flexibility index (Phi) is 5.02. The van der Waals surface area contributed by atoms with E-state index in [1.807, 2.05) is 0 Å². The van der Waals surface area contributed by atoms with E-state index in [0.717, 1.165) is 0 Å². The number of fused-ring (bicyclic) bond motifs is 2. The lowest BCUT2D eigenvalue weighted by Crippen LogP contribution is -2.06. The maximum absolute atomic E-state index is 13.5. The number of hydrogen-bond donors (Lipinski definition) is 1. The van der Waals surface area contributed by atoms with Gasteiger partial charge in [0.1, 0.15) is 16.2 Å². The summed E-state index contributed by atoms with van der Waals surface area (Å²) in [6, 6.07) is 20.8. The number of nitrogens with zero attached hydrogens (tertiary/aromatic N) is 5. The van der Waals surface area contributed by atoms with Crippen molar-refractivity contribution in [1.29, 1.82) is 0 Å². The van der Waals surface area contributed by atoms with Gasteiger partial charge in [-0.05, 0) is 24.3 Å². The normalized spacial score (nSPS) is 12.0. The van der Waals surface area contributed by atoms with Crippen molar-refractivity contribution in [3.05, 3.63) is 94.5 Å². The summed E-state index contributed by atoms with van der Waals surface area (Å²) in [5, 5.41) is 15.4. The molecule has 11 heteroatoms. The number of nitrogen functional groups attached to an aromatic ring is 1. The predicted octanol–water partition coefficient (Wildman–Crippen LogP) is 3.79. The van der Waals surface area contributed by atoms with E-state index in [1.165, 1.54) is 41.2 Å². The summed E-state index contributed by atoms with van der Waals surface area (Å²) in [5.41, 5.74) is 7.91. The molecule has 0 aliphatic carbocycles. The highest BCUT2D eigenvalue weighted by atomic mass is 32.2. The monoisotopic (exact) mass is 472 g/mol. The molecule has 5 rings (SSSR count). The van der Waals surface area contributed by atoms with Gasteiger partial charge in [0.15, 0.2) is 5.65 Å². The van der Waals surface area contributed by atoms with E-state index < -0.39 is 14.8 Å². The van der Waals surface area contributed by atoms with Crippen molar-refractivity contribution in [3.63, 3.8) is 0 Å². The third-order valence-corrected chi connectivity index (χ3v) is 6.99. The Hall–Kier alpha value is -4.64. The summed E-state index contributed by atoms with van der Waals surface area (Å²) < 4.78 is 28.2. The molecule has 168 valence electrons. The molecule has 34 heavy (non-hydrogen) atoms. The molecule has 10 nitrogen and oxygen atoms in total. The van der Waals surface area contributed by atoms with Gasteiger partial charge in [-0.25, -0.2) is 18.4 Å². The molecule has 0 spiro atoms. The lowest BCUT2D eigenvalue weighted by molar-refractivity contribution is -0.384. The number of nitro benzene ring substituents is 1. The summed E-state index contributed by atoms with van der Waals surface area (Å²) in [6.45, 7) is 0. The third-order valence-electron chi connectivity index (χ3n) is 5.15. The van der Waals surface area contributed by atoms with Crippen LogP contribution in [0.5, 0.6) is 0 Å². The zero-order valence-electron chi connectivity index (χ0n) is 17.4. The molecular formula is C23H16N6O4S. The van der Waals surface area contributed by atoms with Gasteiger partial charge < -0.3 is 5.73 Å². The van der Waals surface area contributed by atoms with Crippen molar-refractivity contribution in [2.45, 2.75) is 9.79 Å². The van der Waals surface area contributed by atoms with Gasteiger partial charge >= 0.3 is 0 Å². The molecule has 2 aromatic heterocycles. The van der Waals surface area contributed by atoms with Gasteiger partial charge in [-0.15, -0.1) is 0 Å². The molecular weight excluding hydrogens is 456 g/mol. The van der Waals surface area contributed by atoms with Crippen molar-refractivity contribution in [2.24, 2.45) is 5.10 Å². The fraction of sp³-hybridized carbons (Fsp3) is 0. The molecule has 0 aliphatic heterocycles. The molecule has 2 heterocycles. The molecule has 0 atom stereocenters. The van der Waals surface area contributed by atoms with Crippen LogP contribution >= 0.6 is 0 Å². The molecule has 0 saturated carbocycles. The van der Waals surface area contributed by atoms with Crippen molar-refractivity contribution in [1.82, 2.24) is 14.6 Å². The maximum Gasteiger partial charge on any atom is 0.270 e. The number of hydrogen-bond acceptors (Lipinski definition) is 8. The van der Waals surface area contributed by atoms with Crippen LogP contribution in [0.2, 0.25) is 0 Å². The molecule has 0 fully saturated rings. The van der Waals surface area contributed by atoms with Gasteiger partial charge in [-0.2, -0.15) is 9.78 Å². The molecule has 0 unspecified atom stereocenters. The van der Waals surface area contributed by atoms with Crippen LogP contribution < -0.4 is 5.73 Å². The van der Waals surface area contributed by atoms with Gasteiger partial charge in [0.25, 0.3) is 5.69 Å². The molecule has 5 aromatic rings. The summed E-state index contributed by atoms with van der Waals surface area (Å²) >= 11 is 0. The van der Waals surface area contributed by atoms with Crippen LogP contribution in [0, 0.1) is 10.1 Å². The highest BCUT2D eigenvalue weighted by Gasteiger charge is 2.30. The highest BCUT2D eigenvalue weighted by molar-refractivity contribution is 7.92. The van der Waals surface area contributed by atoms with Crippen LogP contribution in [0.25, 0.3) is 22.2 Å². The van der Waals surface area contributed by atoms with E-state index in [2.05, 4.69) is 15.1 Å². The lowest BCUT2D eigenvalue weighted by atomic mass is 10.2. The van der Waals surface area contributed by atoms with Crippen LogP contribution in [-0.4, -0.2) is 34.2 Å². The second-order valence-corrected chi connectivity index (χ2v) is 9.21. The van der Waals surface area contributed by atoms with E-state index in [-0.39, 0.29) is 32.5 Å². The summed E-state index contributed by atoms with van der Waals surface area (Å²) in [7, 11) is -4.06. The molecule has 0 aliphatic rings. The fourth-order valence-corrected chi connectivity index (χ4v) is 5.07. The van der Waals surface area contributed by atoms with Gasteiger partial charge in [-0.1, -0.05) is 42.5 Å². The Labute approximate surface area is 193 Å². The lowest BCUT2D eigenvalue weighted by Gasteiger charge is -2.04. The molecule has 0 amide bonds. The van der Waals surface area contributed by atoms with Crippen molar-refractivity contribution in [3.8, 4) is 0 Å². The molecule has 0 bridgehead atoms. The first kappa shape index (κ1) is 21.2. The summed E-state index contributed by atoms with van der Waals surface area (Å²) in [4.78, 5) is 19.5. The largest absolute Gasteiger partial charge is 0.382 e. The van der Waals surface area contributed by atoms with E-state index >= 15 is 0 Å². The van der Waals surface area contributed by atoms with E-state index in [4.69, 9.17) is 5.73 Å². The maximum atomic E-state index is 13.5. The molecule has 3 aromatic carbocycles. The minimum absolute atomic E-state index is 0.0540. The molecule has 0 radical (unpaired) electrons. The number of aromatic nitrogens is 3. The topological polar surface area (TPSA) is 146 Å². The number of rotatable bonds is 5. The Bertz CT molecular complexity index is 1710. The summed E-state index contributed by atoms with van der Waals surface area (Å²) in [5.74, 6) is -0.171. The fourth-order valence-electron chi connectivity index (χ4n) is 3.56. The first-order valence-electron chi connectivity index (χ1n) is 10.0. The van der Waals surface area contributed by atoms with E-state index in [1.54, 1.807) is 48.5 Å². The zero-order chi connectivity index (χ0) is 23.9. The van der Waals surface area contributed by atoms with Crippen LogP contribution in [0.1, 0.15) is 5.56 Å². The van der Waals surface area contributed by atoms with Crippen molar-refractivity contribution < 1.29 is 13.3 Å². The second-order valence-electron chi connectivity index (χ2n) is 7.32. The highest BCUT2D eigenvalue weighted by Crippen LogP contribution is 2.35. The van der Waals surface area contributed by atoms with E-state index in [0.29, 0.717) is 16.6 Å².